The molecule has 0 unspecified atom stereocenters. The summed E-state index contributed by atoms with van der Waals surface area (Å²) in [6, 6.07) is 11.4. The first-order valence-corrected chi connectivity index (χ1v) is 7.82. The maximum Gasteiger partial charge on any atom is 0.316 e. The number of aromatic nitrogens is 4. The van der Waals surface area contributed by atoms with Gasteiger partial charge in [0.25, 0.3) is 0 Å². The third-order valence-corrected chi connectivity index (χ3v) is 4.13. The number of hydrogen-bond acceptors (Lipinski definition) is 5. The van der Waals surface area contributed by atoms with Crippen LogP contribution in [0.5, 0.6) is 0 Å². The lowest BCUT2D eigenvalue weighted by molar-refractivity contribution is 0.384. The number of nitrogens with zero attached hydrogens (tertiary/aromatic N) is 3. The molecule has 7 nitrogen and oxygen atoms in total. The predicted octanol–water partition coefficient (Wildman–Crippen LogP) is 2.01. The van der Waals surface area contributed by atoms with Crippen LogP contribution in [-0.2, 0) is 13.5 Å². The largest absolute Gasteiger partial charge is 0.339 e. The lowest BCUT2D eigenvalue weighted by Crippen LogP contribution is -2.34. The molecule has 0 aliphatic rings. The number of nitrogens with one attached hydrogen (secondary N) is 1. The second kappa shape index (κ2) is 6.07. The van der Waals surface area contributed by atoms with Crippen LogP contribution in [0.15, 0.2) is 56.6 Å². The van der Waals surface area contributed by atoms with E-state index in [9.17, 15) is 14.0 Å². The molecule has 0 radical (unpaired) electrons. The van der Waals surface area contributed by atoms with Crippen LogP contribution >= 0.6 is 0 Å². The molecule has 0 aliphatic heterocycles. The molecule has 2 heterocycles. The molecule has 130 valence electrons. The van der Waals surface area contributed by atoms with Crippen LogP contribution < -0.4 is 11.1 Å². The molecule has 1 N–H and O–H groups in total. The van der Waals surface area contributed by atoms with Crippen LogP contribution in [0.2, 0.25) is 0 Å². The van der Waals surface area contributed by atoms with Gasteiger partial charge in [0.05, 0.1) is 17.5 Å². The van der Waals surface area contributed by atoms with Crippen molar-refractivity contribution in [1.82, 2.24) is 19.7 Å². The Balaban J connectivity index is 1.71. The van der Waals surface area contributed by atoms with Crippen molar-refractivity contribution in [3.63, 3.8) is 0 Å². The first-order chi connectivity index (χ1) is 12.5. The second-order valence-electron chi connectivity index (χ2n) is 5.83. The van der Waals surface area contributed by atoms with E-state index in [0.29, 0.717) is 28.0 Å². The van der Waals surface area contributed by atoms with E-state index in [1.54, 1.807) is 36.4 Å². The van der Waals surface area contributed by atoms with E-state index in [4.69, 9.17) is 4.52 Å². The first-order valence-electron chi connectivity index (χ1n) is 7.82. The summed E-state index contributed by atoms with van der Waals surface area (Å²) in [6.07, 6.45) is 0.179. The molecule has 2 aromatic carbocycles. The normalized spacial score (nSPS) is 11.2. The van der Waals surface area contributed by atoms with Crippen molar-refractivity contribution in [1.29, 1.82) is 0 Å². The van der Waals surface area contributed by atoms with Gasteiger partial charge in [0.15, 0.2) is 0 Å². The fourth-order valence-electron chi connectivity index (χ4n) is 2.75. The smallest absolute Gasteiger partial charge is 0.316 e. The molecule has 0 saturated carbocycles. The van der Waals surface area contributed by atoms with Crippen molar-refractivity contribution >= 4 is 11.0 Å². The van der Waals surface area contributed by atoms with Crippen LogP contribution in [0.1, 0.15) is 11.5 Å². The maximum absolute atomic E-state index is 13.7. The molecule has 4 rings (SSSR count). The zero-order chi connectivity index (χ0) is 18.3. The predicted molar refractivity (Wildman–Crippen MR) is 92.3 cm³/mol. The summed E-state index contributed by atoms with van der Waals surface area (Å²) in [5.41, 5.74) is 0.793. The Kier molecular flexibility index (Phi) is 3.72. The van der Waals surface area contributed by atoms with Crippen LogP contribution in [0.3, 0.4) is 0 Å². The molecule has 0 atom stereocenters. The number of aromatic amines is 1. The minimum atomic E-state index is -0.703. The minimum Gasteiger partial charge on any atom is -0.339 e. The first kappa shape index (κ1) is 15.9. The fourth-order valence-corrected chi connectivity index (χ4v) is 2.75. The number of hydrogen-bond donors (Lipinski definition) is 1. The Morgan fingerprint density at radius 3 is 2.81 bits per heavy atom. The van der Waals surface area contributed by atoms with Crippen LogP contribution in [-0.4, -0.2) is 19.7 Å². The molecule has 8 heteroatoms. The van der Waals surface area contributed by atoms with Gasteiger partial charge in [0.2, 0.25) is 11.7 Å². The average molecular weight is 352 g/mol. The Labute approximate surface area is 145 Å². The summed E-state index contributed by atoms with van der Waals surface area (Å²) in [5, 5.41) is 3.91. The third kappa shape index (κ3) is 2.71. The molecule has 0 bridgehead atoms. The van der Waals surface area contributed by atoms with Crippen LogP contribution in [0.25, 0.3) is 22.4 Å². The molecule has 0 saturated heterocycles. The highest BCUT2D eigenvalue weighted by Crippen LogP contribution is 2.21. The highest BCUT2D eigenvalue weighted by Gasteiger charge is 2.13. The Bertz CT molecular complexity index is 1240. The van der Waals surface area contributed by atoms with E-state index < -0.39 is 11.1 Å². The minimum absolute atomic E-state index is 0.179. The molecule has 4 aromatic rings. The monoisotopic (exact) mass is 352 g/mol. The number of H-pyrrole nitrogens is 1. The van der Waals surface area contributed by atoms with E-state index in [0.717, 1.165) is 0 Å². The zero-order valence-corrected chi connectivity index (χ0v) is 13.7. The molecule has 0 amide bonds. The van der Waals surface area contributed by atoms with Crippen molar-refractivity contribution in [2.45, 2.75) is 6.42 Å². The van der Waals surface area contributed by atoms with Crippen molar-refractivity contribution in [3.8, 4) is 11.4 Å². The third-order valence-electron chi connectivity index (χ3n) is 4.13. The standard InChI is InChI=1S/C18H13FN4O3/c1-23-14-7-6-11(8-13(14)20-17(24)18(23)25)16-21-15(26-22-16)9-10-4-2-3-5-12(10)19/h2-8H,9H2,1H3,(H,20,24). The van der Waals surface area contributed by atoms with E-state index in [1.807, 2.05) is 0 Å². The zero-order valence-electron chi connectivity index (χ0n) is 13.7. The van der Waals surface area contributed by atoms with E-state index in [1.165, 1.54) is 17.7 Å². The van der Waals surface area contributed by atoms with Gasteiger partial charge in [-0.15, -0.1) is 0 Å². The van der Waals surface area contributed by atoms with Gasteiger partial charge in [0.1, 0.15) is 5.82 Å². The Morgan fingerprint density at radius 2 is 2.00 bits per heavy atom. The summed E-state index contributed by atoms with van der Waals surface area (Å²) in [7, 11) is 1.53. The van der Waals surface area contributed by atoms with E-state index in [2.05, 4.69) is 15.1 Å². The SMILES string of the molecule is Cn1c(=O)c(=O)[nH]c2cc(-c3noc(Cc4ccccc4F)n3)ccc21. The molecule has 2 aromatic heterocycles. The van der Waals surface area contributed by atoms with Gasteiger partial charge >= 0.3 is 11.1 Å². The number of fused-ring (bicyclic) bond motifs is 1. The number of halogens is 1. The van der Waals surface area contributed by atoms with Crippen LogP contribution in [0.4, 0.5) is 4.39 Å². The summed E-state index contributed by atoms with van der Waals surface area (Å²) in [5.74, 6) is 0.253. The number of rotatable bonds is 3. The molecular formula is C18H13FN4O3. The lowest BCUT2D eigenvalue weighted by atomic mass is 10.1. The Morgan fingerprint density at radius 1 is 1.19 bits per heavy atom. The second-order valence-corrected chi connectivity index (χ2v) is 5.83. The molecule has 0 spiro atoms. The summed E-state index contributed by atoms with van der Waals surface area (Å²) < 4.78 is 20.2. The topological polar surface area (TPSA) is 93.8 Å². The highest BCUT2D eigenvalue weighted by molar-refractivity contribution is 5.79. The van der Waals surface area contributed by atoms with E-state index >= 15 is 0 Å². The highest BCUT2D eigenvalue weighted by atomic mass is 19.1. The molecule has 0 fully saturated rings. The van der Waals surface area contributed by atoms with Gasteiger partial charge in [0, 0.05) is 12.6 Å². The van der Waals surface area contributed by atoms with Crippen molar-refractivity contribution in [3.05, 3.63) is 80.4 Å². The Hall–Kier alpha value is -3.55. The number of aryl methyl sites for hydroxylation is 1. The van der Waals surface area contributed by atoms with Gasteiger partial charge in [-0.25, -0.2) is 4.39 Å². The van der Waals surface area contributed by atoms with Crippen molar-refractivity contribution in [2.75, 3.05) is 0 Å². The van der Waals surface area contributed by atoms with Gasteiger partial charge in [-0.05, 0) is 29.8 Å². The van der Waals surface area contributed by atoms with Gasteiger partial charge in [-0.2, -0.15) is 4.98 Å². The summed E-state index contributed by atoms with van der Waals surface area (Å²) in [6.45, 7) is 0. The molecule has 26 heavy (non-hydrogen) atoms. The van der Waals surface area contributed by atoms with Gasteiger partial charge < -0.3 is 14.1 Å². The molecule has 0 aliphatic carbocycles. The van der Waals surface area contributed by atoms with E-state index in [-0.39, 0.29) is 18.1 Å². The van der Waals surface area contributed by atoms with Crippen molar-refractivity contribution < 1.29 is 8.91 Å². The quantitative estimate of drug-likeness (QED) is 0.569. The van der Waals surface area contributed by atoms with Crippen molar-refractivity contribution in [2.24, 2.45) is 7.05 Å². The maximum atomic E-state index is 13.7. The lowest BCUT2D eigenvalue weighted by Gasteiger charge is -2.04. The number of benzene rings is 2. The average Bonchev–Trinajstić information content (AvgIpc) is 3.10. The van der Waals surface area contributed by atoms with Crippen LogP contribution in [0, 0.1) is 5.82 Å². The summed E-state index contributed by atoms with van der Waals surface area (Å²) >= 11 is 0. The van der Waals surface area contributed by atoms with Gasteiger partial charge in [-0.1, -0.05) is 23.4 Å². The molecular weight excluding hydrogens is 339 g/mol. The summed E-state index contributed by atoms with van der Waals surface area (Å²) in [4.78, 5) is 30.2. The van der Waals surface area contributed by atoms with Gasteiger partial charge in [-0.3, -0.25) is 9.59 Å². The fraction of sp³-hybridized carbons (Fsp3) is 0.111.